The van der Waals surface area contributed by atoms with Crippen LogP contribution in [0.3, 0.4) is 0 Å². The molecule has 1 unspecified atom stereocenters. The van der Waals surface area contributed by atoms with Crippen molar-refractivity contribution in [3.63, 3.8) is 0 Å². The summed E-state index contributed by atoms with van der Waals surface area (Å²) in [5.74, 6) is -2.05. The predicted octanol–water partition coefficient (Wildman–Crippen LogP) is 1.21. The molecule has 6 heteroatoms. The normalized spacial score (nSPS) is 24.7. The zero-order valence-corrected chi connectivity index (χ0v) is 11.8. The lowest BCUT2D eigenvalue weighted by molar-refractivity contribution is -0.170. The molecule has 0 radical (unpaired) electrons. The Balaban J connectivity index is 3.01. The Kier molecular flexibility index (Phi) is 4.55. The lowest BCUT2D eigenvalue weighted by atomic mass is 9.78. The molecule has 1 saturated heterocycles. The molecule has 108 valence electrons. The molecular weight excluding hydrogens is 252 g/mol. The van der Waals surface area contributed by atoms with E-state index in [1.807, 2.05) is 0 Å². The van der Waals surface area contributed by atoms with Gasteiger partial charge in [0, 0.05) is 6.42 Å². The average molecular weight is 272 g/mol. The predicted molar refractivity (Wildman–Crippen MR) is 65.1 cm³/mol. The van der Waals surface area contributed by atoms with Crippen LogP contribution in [0.4, 0.5) is 0 Å². The topological polar surface area (TPSA) is 78.9 Å². The Morgan fingerprint density at radius 2 is 1.79 bits per heavy atom. The highest BCUT2D eigenvalue weighted by molar-refractivity contribution is 6.04. The van der Waals surface area contributed by atoms with Crippen molar-refractivity contribution in [1.29, 1.82) is 0 Å². The fourth-order valence-electron chi connectivity index (χ4n) is 2.27. The number of carbonyl (C=O) groups is 3. The first kappa shape index (κ1) is 15.5. The van der Waals surface area contributed by atoms with Gasteiger partial charge in [-0.2, -0.15) is 0 Å². The SMILES string of the molecule is CCOC(=O)CC1(C(=O)OCC)CC(C)(C)OC1=O. The Morgan fingerprint density at radius 3 is 2.21 bits per heavy atom. The minimum Gasteiger partial charge on any atom is -0.466 e. The Hall–Kier alpha value is -1.59. The van der Waals surface area contributed by atoms with E-state index in [9.17, 15) is 14.4 Å². The molecule has 1 aliphatic heterocycles. The average Bonchev–Trinajstić information content (AvgIpc) is 2.50. The van der Waals surface area contributed by atoms with Crippen LogP contribution in [-0.4, -0.2) is 36.7 Å². The summed E-state index contributed by atoms with van der Waals surface area (Å²) in [4.78, 5) is 35.7. The van der Waals surface area contributed by atoms with Gasteiger partial charge < -0.3 is 14.2 Å². The summed E-state index contributed by atoms with van der Waals surface area (Å²) >= 11 is 0. The van der Waals surface area contributed by atoms with Gasteiger partial charge in [-0.1, -0.05) is 0 Å². The van der Waals surface area contributed by atoms with Crippen LogP contribution >= 0.6 is 0 Å². The van der Waals surface area contributed by atoms with Crippen LogP contribution in [-0.2, 0) is 28.6 Å². The maximum atomic E-state index is 12.1. The highest BCUT2D eigenvalue weighted by atomic mass is 16.6. The van der Waals surface area contributed by atoms with Crippen LogP contribution in [0.1, 0.15) is 40.5 Å². The van der Waals surface area contributed by atoms with Crippen LogP contribution in [0.2, 0.25) is 0 Å². The van der Waals surface area contributed by atoms with E-state index in [2.05, 4.69) is 0 Å². The van der Waals surface area contributed by atoms with Crippen molar-refractivity contribution in [2.75, 3.05) is 13.2 Å². The minimum atomic E-state index is -1.58. The molecule has 0 saturated carbocycles. The summed E-state index contributed by atoms with van der Waals surface area (Å²) in [5, 5.41) is 0. The van der Waals surface area contributed by atoms with Gasteiger partial charge >= 0.3 is 17.9 Å². The summed E-state index contributed by atoms with van der Waals surface area (Å²) in [6.07, 6.45) is -0.238. The number of rotatable bonds is 5. The van der Waals surface area contributed by atoms with Gasteiger partial charge in [-0.15, -0.1) is 0 Å². The molecule has 1 fully saturated rings. The van der Waals surface area contributed by atoms with E-state index < -0.39 is 28.9 Å². The lowest BCUT2D eigenvalue weighted by Gasteiger charge is -2.22. The molecule has 0 amide bonds. The zero-order chi connectivity index (χ0) is 14.7. The molecular formula is C13H20O6. The first-order valence-corrected chi connectivity index (χ1v) is 6.33. The number of carbonyl (C=O) groups excluding carboxylic acids is 3. The number of cyclic esters (lactones) is 1. The van der Waals surface area contributed by atoms with E-state index in [1.54, 1.807) is 27.7 Å². The van der Waals surface area contributed by atoms with Gasteiger partial charge in [0.15, 0.2) is 5.41 Å². The summed E-state index contributed by atoms with van der Waals surface area (Å²) < 4.78 is 14.9. The fourth-order valence-corrected chi connectivity index (χ4v) is 2.27. The van der Waals surface area contributed by atoms with Crippen LogP contribution in [0.5, 0.6) is 0 Å². The molecule has 0 aromatic heterocycles. The van der Waals surface area contributed by atoms with Gasteiger partial charge in [0.2, 0.25) is 0 Å². The second kappa shape index (κ2) is 5.59. The molecule has 0 spiro atoms. The first-order valence-electron chi connectivity index (χ1n) is 6.33. The Labute approximate surface area is 112 Å². The van der Waals surface area contributed by atoms with E-state index in [4.69, 9.17) is 14.2 Å². The van der Waals surface area contributed by atoms with Crippen LogP contribution in [0, 0.1) is 5.41 Å². The molecule has 19 heavy (non-hydrogen) atoms. The molecule has 0 bridgehead atoms. The number of esters is 3. The lowest BCUT2D eigenvalue weighted by Crippen LogP contribution is -2.40. The largest absolute Gasteiger partial charge is 0.466 e. The monoisotopic (exact) mass is 272 g/mol. The van der Waals surface area contributed by atoms with Gasteiger partial charge in [-0.3, -0.25) is 14.4 Å². The van der Waals surface area contributed by atoms with E-state index in [-0.39, 0.29) is 26.1 Å². The fraction of sp³-hybridized carbons (Fsp3) is 0.769. The number of hydrogen-bond donors (Lipinski definition) is 0. The van der Waals surface area contributed by atoms with Gasteiger partial charge in [0.25, 0.3) is 0 Å². The molecule has 1 atom stereocenters. The van der Waals surface area contributed by atoms with Crippen molar-refractivity contribution >= 4 is 17.9 Å². The number of hydrogen-bond acceptors (Lipinski definition) is 6. The summed E-state index contributed by atoms with van der Waals surface area (Å²) in [6.45, 7) is 7.01. The van der Waals surface area contributed by atoms with Crippen molar-refractivity contribution in [3.05, 3.63) is 0 Å². The first-order chi connectivity index (χ1) is 8.77. The maximum absolute atomic E-state index is 12.1. The Morgan fingerprint density at radius 1 is 1.21 bits per heavy atom. The molecule has 0 N–H and O–H groups in total. The third kappa shape index (κ3) is 3.24. The van der Waals surface area contributed by atoms with Crippen molar-refractivity contribution in [2.24, 2.45) is 5.41 Å². The zero-order valence-electron chi connectivity index (χ0n) is 11.8. The van der Waals surface area contributed by atoms with Gasteiger partial charge in [0.1, 0.15) is 5.60 Å². The molecule has 0 aromatic carbocycles. The highest BCUT2D eigenvalue weighted by Crippen LogP contribution is 2.44. The third-order valence-corrected chi connectivity index (χ3v) is 2.90. The summed E-state index contributed by atoms with van der Waals surface area (Å²) in [5.41, 5.74) is -2.37. The smallest absolute Gasteiger partial charge is 0.324 e. The molecule has 0 aliphatic carbocycles. The standard InChI is InChI=1S/C13H20O6/c1-5-17-9(14)7-13(10(15)18-6-2)8-12(3,4)19-11(13)16/h5-8H2,1-4H3. The molecule has 0 aromatic rings. The molecule has 1 aliphatic rings. The van der Waals surface area contributed by atoms with Crippen LogP contribution in [0.15, 0.2) is 0 Å². The van der Waals surface area contributed by atoms with E-state index in [0.29, 0.717) is 0 Å². The number of ether oxygens (including phenoxy) is 3. The second-order valence-corrected chi connectivity index (χ2v) is 5.11. The highest BCUT2D eigenvalue weighted by Gasteiger charge is 2.60. The van der Waals surface area contributed by atoms with Crippen molar-refractivity contribution in [2.45, 2.75) is 46.1 Å². The Bertz CT molecular complexity index is 387. The van der Waals surface area contributed by atoms with Crippen LogP contribution < -0.4 is 0 Å². The van der Waals surface area contributed by atoms with Gasteiger partial charge in [-0.05, 0) is 27.7 Å². The van der Waals surface area contributed by atoms with E-state index in [1.165, 1.54) is 0 Å². The van der Waals surface area contributed by atoms with E-state index in [0.717, 1.165) is 0 Å². The summed E-state index contributed by atoms with van der Waals surface area (Å²) in [6, 6.07) is 0. The maximum Gasteiger partial charge on any atom is 0.324 e. The second-order valence-electron chi connectivity index (χ2n) is 5.11. The van der Waals surface area contributed by atoms with Crippen molar-refractivity contribution < 1.29 is 28.6 Å². The molecule has 6 nitrogen and oxygen atoms in total. The molecule has 1 rings (SSSR count). The van der Waals surface area contributed by atoms with Crippen LogP contribution in [0.25, 0.3) is 0 Å². The summed E-state index contributed by atoms with van der Waals surface area (Å²) in [7, 11) is 0. The van der Waals surface area contributed by atoms with Gasteiger partial charge in [0.05, 0.1) is 19.6 Å². The van der Waals surface area contributed by atoms with E-state index >= 15 is 0 Å². The molecule has 1 heterocycles. The minimum absolute atomic E-state index is 0.108. The van der Waals surface area contributed by atoms with Gasteiger partial charge in [-0.25, -0.2) is 0 Å². The van der Waals surface area contributed by atoms with Crippen molar-refractivity contribution in [1.82, 2.24) is 0 Å². The third-order valence-electron chi connectivity index (χ3n) is 2.90. The van der Waals surface area contributed by atoms with Crippen molar-refractivity contribution in [3.8, 4) is 0 Å². The quantitative estimate of drug-likeness (QED) is 0.425.